The normalized spacial score (nSPS) is 20.4. The molecule has 0 aromatic heterocycles. The molecule has 0 saturated carbocycles. The summed E-state index contributed by atoms with van der Waals surface area (Å²) >= 11 is 12.1. The number of anilines is 1. The lowest BCUT2D eigenvalue weighted by molar-refractivity contribution is -0.109. The van der Waals surface area contributed by atoms with E-state index in [9.17, 15) is 9.18 Å². The van der Waals surface area contributed by atoms with Crippen molar-refractivity contribution < 1.29 is 9.18 Å². The first-order chi connectivity index (χ1) is 10.6. The van der Waals surface area contributed by atoms with Crippen molar-refractivity contribution in [2.24, 2.45) is 11.0 Å². The SMILES string of the molecule is O=CC1C=NN(c2ccc(Cl)cc2Cl)C1c1ccc(F)cc1. The summed E-state index contributed by atoms with van der Waals surface area (Å²) in [5, 5.41) is 6.89. The van der Waals surface area contributed by atoms with Gasteiger partial charge in [0.15, 0.2) is 0 Å². The highest BCUT2D eigenvalue weighted by molar-refractivity contribution is 6.36. The van der Waals surface area contributed by atoms with Gasteiger partial charge in [0.1, 0.15) is 12.1 Å². The van der Waals surface area contributed by atoms with E-state index >= 15 is 0 Å². The molecule has 0 fully saturated rings. The maximum Gasteiger partial charge on any atom is 0.130 e. The number of hydrogen-bond donors (Lipinski definition) is 0. The molecule has 0 bridgehead atoms. The second kappa shape index (κ2) is 6.07. The number of halogens is 3. The Morgan fingerprint density at radius 3 is 2.50 bits per heavy atom. The lowest BCUT2D eigenvalue weighted by Gasteiger charge is -2.27. The highest BCUT2D eigenvalue weighted by Gasteiger charge is 2.34. The summed E-state index contributed by atoms with van der Waals surface area (Å²) in [6.07, 6.45) is 2.38. The van der Waals surface area contributed by atoms with E-state index in [0.29, 0.717) is 15.7 Å². The molecule has 2 atom stereocenters. The maximum atomic E-state index is 13.1. The zero-order valence-electron chi connectivity index (χ0n) is 11.3. The van der Waals surface area contributed by atoms with Gasteiger partial charge in [-0.1, -0.05) is 35.3 Å². The summed E-state index contributed by atoms with van der Waals surface area (Å²) in [5.74, 6) is -0.765. The fourth-order valence-corrected chi connectivity index (χ4v) is 2.97. The Morgan fingerprint density at radius 1 is 1.14 bits per heavy atom. The van der Waals surface area contributed by atoms with E-state index in [0.717, 1.165) is 11.8 Å². The molecule has 3 rings (SSSR count). The Kier molecular flexibility index (Phi) is 4.14. The molecule has 1 aliphatic heterocycles. The highest BCUT2D eigenvalue weighted by atomic mass is 35.5. The minimum atomic E-state index is -0.433. The molecule has 0 radical (unpaired) electrons. The van der Waals surface area contributed by atoms with Gasteiger partial charge in [0.25, 0.3) is 0 Å². The van der Waals surface area contributed by atoms with Crippen LogP contribution in [0.15, 0.2) is 47.6 Å². The molecule has 0 N–H and O–H groups in total. The van der Waals surface area contributed by atoms with Crippen LogP contribution in [0.1, 0.15) is 11.6 Å². The third-order valence-corrected chi connectivity index (χ3v) is 4.05. The third-order valence-electron chi connectivity index (χ3n) is 3.52. The summed E-state index contributed by atoms with van der Waals surface area (Å²) in [6, 6.07) is 10.7. The summed E-state index contributed by atoms with van der Waals surface area (Å²) in [7, 11) is 0. The second-order valence-electron chi connectivity index (χ2n) is 4.91. The van der Waals surface area contributed by atoms with E-state index in [-0.39, 0.29) is 11.9 Å². The van der Waals surface area contributed by atoms with Crippen LogP contribution >= 0.6 is 23.2 Å². The van der Waals surface area contributed by atoms with Gasteiger partial charge in [0.05, 0.1) is 22.7 Å². The molecular weight excluding hydrogens is 326 g/mol. The van der Waals surface area contributed by atoms with Gasteiger partial charge in [-0.05, 0) is 35.9 Å². The van der Waals surface area contributed by atoms with E-state index in [1.807, 2.05) is 0 Å². The summed E-state index contributed by atoms with van der Waals surface area (Å²) < 4.78 is 13.1. The Bertz CT molecular complexity index is 733. The molecule has 0 amide bonds. The van der Waals surface area contributed by atoms with Crippen LogP contribution < -0.4 is 5.01 Å². The number of carbonyl (C=O) groups is 1. The Balaban J connectivity index is 2.04. The second-order valence-corrected chi connectivity index (χ2v) is 5.76. The first-order valence-electron chi connectivity index (χ1n) is 6.59. The first-order valence-corrected chi connectivity index (χ1v) is 7.35. The largest absolute Gasteiger partial charge is 0.303 e. The van der Waals surface area contributed by atoms with Gasteiger partial charge >= 0.3 is 0 Å². The van der Waals surface area contributed by atoms with E-state index in [1.54, 1.807) is 41.6 Å². The van der Waals surface area contributed by atoms with Crippen molar-refractivity contribution in [3.8, 4) is 0 Å². The monoisotopic (exact) mass is 336 g/mol. The molecular formula is C16H11Cl2FN2O. The number of nitrogens with zero attached hydrogens (tertiary/aromatic N) is 2. The smallest absolute Gasteiger partial charge is 0.130 e. The number of hydrogen-bond acceptors (Lipinski definition) is 3. The minimum Gasteiger partial charge on any atom is -0.303 e. The van der Waals surface area contributed by atoms with Crippen LogP contribution in [0, 0.1) is 11.7 Å². The number of carbonyl (C=O) groups excluding carboxylic acids is 1. The predicted octanol–water partition coefficient (Wildman–Crippen LogP) is 4.49. The van der Waals surface area contributed by atoms with Crippen molar-refractivity contribution in [3.63, 3.8) is 0 Å². The molecule has 2 aromatic rings. The van der Waals surface area contributed by atoms with Crippen LogP contribution in [0.5, 0.6) is 0 Å². The molecule has 0 aliphatic carbocycles. The average Bonchev–Trinajstić information content (AvgIpc) is 2.92. The van der Waals surface area contributed by atoms with E-state index in [1.165, 1.54) is 12.1 Å². The summed E-state index contributed by atoms with van der Waals surface area (Å²) in [5.41, 5.74) is 1.42. The molecule has 22 heavy (non-hydrogen) atoms. The van der Waals surface area contributed by atoms with Crippen LogP contribution in [-0.2, 0) is 4.79 Å². The summed E-state index contributed by atoms with van der Waals surface area (Å²) in [4.78, 5) is 11.3. The molecule has 0 saturated heterocycles. The minimum absolute atomic E-state index is 0.332. The van der Waals surface area contributed by atoms with E-state index in [4.69, 9.17) is 23.2 Å². The fourth-order valence-electron chi connectivity index (χ4n) is 2.48. The zero-order chi connectivity index (χ0) is 15.7. The van der Waals surface area contributed by atoms with Gasteiger partial charge in [0.2, 0.25) is 0 Å². The molecule has 2 unspecified atom stereocenters. The number of benzene rings is 2. The average molecular weight is 337 g/mol. The number of hydrazone groups is 1. The quantitative estimate of drug-likeness (QED) is 0.773. The Labute approximate surface area is 137 Å². The maximum absolute atomic E-state index is 13.1. The predicted molar refractivity (Wildman–Crippen MR) is 86.1 cm³/mol. The standard InChI is InChI=1S/C16H11Cl2FN2O/c17-12-3-6-15(14(18)7-12)21-16(11(9-22)8-20-21)10-1-4-13(19)5-2-10/h1-9,11,16H. The van der Waals surface area contributed by atoms with Gasteiger partial charge in [-0.2, -0.15) is 5.10 Å². The van der Waals surface area contributed by atoms with E-state index < -0.39 is 5.92 Å². The van der Waals surface area contributed by atoms with Crippen LogP contribution in [0.3, 0.4) is 0 Å². The number of rotatable bonds is 3. The Morgan fingerprint density at radius 2 is 1.86 bits per heavy atom. The van der Waals surface area contributed by atoms with Crippen LogP contribution in [0.25, 0.3) is 0 Å². The first kappa shape index (κ1) is 15.0. The summed E-state index contributed by atoms with van der Waals surface area (Å²) in [6.45, 7) is 0. The van der Waals surface area contributed by atoms with Gasteiger partial charge in [0, 0.05) is 11.2 Å². The van der Waals surface area contributed by atoms with Gasteiger partial charge in [-0.3, -0.25) is 5.01 Å². The fraction of sp³-hybridized carbons (Fsp3) is 0.125. The van der Waals surface area contributed by atoms with Crippen LogP contribution in [0.2, 0.25) is 10.0 Å². The molecule has 0 spiro atoms. The topological polar surface area (TPSA) is 32.7 Å². The molecule has 3 nitrogen and oxygen atoms in total. The van der Waals surface area contributed by atoms with Crippen molar-refractivity contribution in [1.29, 1.82) is 0 Å². The van der Waals surface area contributed by atoms with Crippen molar-refractivity contribution >= 4 is 41.4 Å². The van der Waals surface area contributed by atoms with Crippen molar-refractivity contribution in [3.05, 3.63) is 63.9 Å². The molecule has 1 aliphatic rings. The van der Waals surface area contributed by atoms with Crippen LogP contribution in [0.4, 0.5) is 10.1 Å². The van der Waals surface area contributed by atoms with Gasteiger partial charge in [-0.15, -0.1) is 0 Å². The van der Waals surface area contributed by atoms with Crippen LogP contribution in [-0.4, -0.2) is 12.5 Å². The van der Waals surface area contributed by atoms with Gasteiger partial charge in [-0.25, -0.2) is 4.39 Å². The van der Waals surface area contributed by atoms with Crippen molar-refractivity contribution in [2.75, 3.05) is 5.01 Å². The highest BCUT2D eigenvalue weighted by Crippen LogP contribution is 2.40. The molecule has 112 valence electrons. The Hall–Kier alpha value is -1.91. The van der Waals surface area contributed by atoms with Gasteiger partial charge < -0.3 is 4.79 Å². The molecule has 1 heterocycles. The number of aldehydes is 1. The lowest BCUT2D eigenvalue weighted by atomic mass is 9.95. The zero-order valence-corrected chi connectivity index (χ0v) is 12.8. The third kappa shape index (κ3) is 2.72. The van der Waals surface area contributed by atoms with Crippen molar-refractivity contribution in [2.45, 2.75) is 6.04 Å². The van der Waals surface area contributed by atoms with E-state index in [2.05, 4.69) is 5.10 Å². The molecule has 6 heteroatoms. The molecule has 2 aromatic carbocycles. The lowest BCUT2D eigenvalue weighted by Crippen LogP contribution is -2.25. The van der Waals surface area contributed by atoms with Crippen molar-refractivity contribution in [1.82, 2.24) is 0 Å².